The van der Waals surface area contributed by atoms with E-state index in [9.17, 15) is 14.4 Å². The molecule has 0 unspecified atom stereocenters. The summed E-state index contributed by atoms with van der Waals surface area (Å²) < 4.78 is 11.5. The van der Waals surface area contributed by atoms with Gasteiger partial charge in [0.2, 0.25) is 0 Å². The fraction of sp³-hybridized carbons (Fsp3) is 0.316. The van der Waals surface area contributed by atoms with Crippen molar-refractivity contribution in [1.82, 2.24) is 9.88 Å². The first kappa shape index (κ1) is 19.2. The smallest absolute Gasteiger partial charge is 0.413 e. The van der Waals surface area contributed by atoms with Gasteiger partial charge in [-0.3, -0.25) is 10.1 Å². The molecule has 1 atom stereocenters. The Morgan fingerprint density at radius 3 is 2.42 bits per heavy atom. The molecule has 0 saturated heterocycles. The van der Waals surface area contributed by atoms with Crippen molar-refractivity contribution in [3.05, 3.63) is 58.9 Å². The van der Waals surface area contributed by atoms with E-state index in [1.807, 2.05) is 54.1 Å². The Balaban J connectivity index is 2.11. The fourth-order valence-electron chi connectivity index (χ4n) is 2.55. The van der Waals surface area contributed by atoms with Crippen LogP contribution in [0.3, 0.4) is 0 Å². The average molecular weight is 358 g/mol. The van der Waals surface area contributed by atoms with E-state index in [-0.39, 0.29) is 0 Å². The Labute approximate surface area is 151 Å². The highest BCUT2D eigenvalue weighted by Gasteiger charge is 2.23. The van der Waals surface area contributed by atoms with Crippen molar-refractivity contribution in [2.24, 2.45) is 0 Å². The molecule has 7 nitrogen and oxygen atoms in total. The lowest BCUT2D eigenvalue weighted by Crippen LogP contribution is -2.39. The number of nitrogens with zero attached hydrogens (tertiary/aromatic N) is 1. The number of aromatic nitrogens is 1. The van der Waals surface area contributed by atoms with Crippen molar-refractivity contribution in [2.75, 3.05) is 7.11 Å². The number of nitrogens with one attached hydrogen (secondary N) is 1. The Bertz CT molecular complexity index is 811. The van der Waals surface area contributed by atoms with E-state index in [2.05, 4.69) is 4.74 Å². The monoisotopic (exact) mass is 358 g/mol. The number of carbonyl (C=O) groups is 3. The third-order valence-electron chi connectivity index (χ3n) is 4.04. The molecule has 1 aromatic carbocycles. The predicted octanol–water partition coefficient (Wildman–Crippen LogP) is 2.58. The Kier molecular flexibility index (Phi) is 6.16. The van der Waals surface area contributed by atoms with Gasteiger partial charge in [0.15, 0.2) is 6.10 Å². The van der Waals surface area contributed by atoms with Crippen LogP contribution in [0.15, 0.2) is 36.4 Å². The summed E-state index contributed by atoms with van der Waals surface area (Å²) in [5.41, 5.74) is 3.15. The Hall–Kier alpha value is -3.09. The average Bonchev–Trinajstić information content (AvgIpc) is 2.90. The van der Waals surface area contributed by atoms with Gasteiger partial charge in [0.1, 0.15) is 0 Å². The molecule has 1 N–H and O–H groups in total. The van der Waals surface area contributed by atoms with Crippen LogP contribution in [0.25, 0.3) is 0 Å². The summed E-state index contributed by atoms with van der Waals surface area (Å²) in [7, 11) is 1.14. The highest BCUT2D eigenvalue weighted by atomic mass is 16.6. The summed E-state index contributed by atoms with van der Waals surface area (Å²) in [6.07, 6.45) is -2.03. The minimum absolute atomic E-state index is 0.385. The number of hydrogen-bond donors (Lipinski definition) is 1. The maximum atomic E-state index is 12.4. The summed E-state index contributed by atoms with van der Waals surface area (Å²) >= 11 is 0. The SMILES string of the molecule is COC(=O)NC(=O)[C@H](C)OC(=O)c1cc(C)n(Cc2ccccc2)c1C. The number of imide groups is 1. The molecule has 0 bridgehead atoms. The van der Waals surface area contributed by atoms with Crippen LogP contribution in [0.1, 0.15) is 34.2 Å². The molecule has 0 radical (unpaired) electrons. The first-order chi connectivity index (χ1) is 12.3. The van der Waals surface area contributed by atoms with Gasteiger partial charge in [-0.25, -0.2) is 9.59 Å². The molecule has 1 heterocycles. The second-order valence-corrected chi connectivity index (χ2v) is 5.88. The first-order valence-electron chi connectivity index (χ1n) is 8.14. The number of methoxy groups -OCH3 is 1. The van der Waals surface area contributed by atoms with E-state index in [4.69, 9.17) is 4.74 Å². The molecular weight excluding hydrogens is 336 g/mol. The van der Waals surface area contributed by atoms with Crippen LogP contribution in [0.4, 0.5) is 4.79 Å². The van der Waals surface area contributed by atoms with E-state index < -0.39 is 24.1 Å². The van der Waals surface area contributed by atoms with Crippen LogP contribution in [0.2, 0.25) is 0 Å². The van der Waals surface area contributed by atoms with E-state index >= 15 is 0 Å². The predicted molar refractivity (Wildman–Crippen MR) is 94.9 cm³/mol. The lowest BCUT2D eigenvalue weighted by molar-refractivity contribution is -0.128. The highest BCUT2D eigenvalue weighted by molar-refractivity contribution is 5.97. The number of benzene rings is 1. The molecule has 0 aliphatic heterocycles. The number of alkyl carbamates (subject to hydrolysis) is 1. The van der Waals surface area contributed by atoms with E-state index in [0.29, 0.717) is 12.1 Å². The van der Waals surface area contributed by atoms with Crippen molar-refractivity contribution in [2.45, 2.75) is 33.4 Å². The molecule has 2 aromatic rings. The van der Waals surface area contributed by atoms with E-state index in [1.165, 1.54) is 6.92 Å². The maximum Gasteiger partial charge on any atom is 0.413 e. The molecule has 0 aliphatic rings. The zero-order valence-electron chi connectivity index (χ0n) is 15.2. The lowest BCUT2D eigenvalue weighted by atomic mass is 10.2. The number of carbonyl (C=O) groups excluding carboxylic acids is 3. The van der Waals surface area contributed by atoms with Gasteiger partial charge < -0.3 is 14.0 Å². The Morgan fingerprint density at radius 1 is 1.15 bits per heavy atom. The lowest BCUT2D eigenvalue weighted by Gasteiger charge is -2.13. The zero-order valence-corrected chi connectivity index (χ0v) is 15.2. The van der Waals surface area contributed by atoms with Crippen molar-refractivity contribution in [3.8, 4) is 0 Å². The number of aryl methyl sites for hydroxylation is 1. The number of ether oxygens (including phenoxy) is 2. The van der Waals surface area contributed by atoms with E-state index in [0.717, 1.165) is 24.1 Å². The summed E-state index contributed by atoms with van der Waals surface area (Å²) in [5, 5.41) is 1.97. The van der Waals surface area contributed by atoms with Crippen molar-refractivity contribution in [3.63, 3.8) is 0 Å². The minimum Gasteiger partial charge on any atom is -0.453 e. The van der Waals surface area contributed by atoms with Gasteiger partial charge in [-0.2, -0.15) is 0 Å². The topological polar surface area (TPSA) is 86.6 Å². The minimum atomic E-state index is -1.13. The summed E-state index contributed by atoms with van der Waals surface area (Å²) in [6, 6.07) is 11.6. The molecule has 0 fully saturated rings. The van der Waals surface area contributed by atoms with Gasteiger partial charge in [-0.05, 0) is 32.4 Å². The molecule has 2 amide bonds. The third-order valence-corrected chi connectivity index (χ3v) is 4.04. The molecule has 0 spiro atoms. The van der Waals surface area contributed by atoms with Crippen molar-refractivity contribution in [1.29, 1.82) is 0 Å². The maximum absolute atomic E-state index is 12.4. The zero-order chi connectivity index (χ0) is 19.3. The van der Waals surface area contributed by atoms with Crippen LogP contribution in [0.5, 0.6) is 0 Å². The second kappa shape index (κ2) is 8.33. The van der Waals surface area contributed by atoms with Crippen LogP contribution in [-0.2, 0) is 20.8 Å². The van der Waals surface area contributed by atoms with Gasteiger partial charge in [0, 0.05) is 17.9 Å². The molecule has 26 heavy (non-hydrogen) atoms. The van der Waals surface area contributed by atoms with Gasteiger partial charge in [-0.1, -0.05) is 30.3 Å². The molecular formula is C19H22N2O5. The van der Waals surface area contributed by atoms with Crippen LogP contribution in [-0.4, -0.2) is 35.8 Å². The summed E-state index contributed by atoms with van der Waals surface area (Å²) in [4.78, 5) is 35.3. The summed E-state index contributed by atoms with van der Waals surface area (Å²) in [5.74, 6) is -1.37. The first-order valence-corrected chi connectivity index (χ1v) is 8.14. The number of hydrogen-bond acceptors (Lipinski definition) is 5. The molecule has 7 heteroatoms. The summed E-state index contributed by atoms with van der Waals surface area (Å²) in [6.45, 7) is 5.75. The highest BCUT2D eigenvalue weighted by Crippen LogP contribution is 2.18. The number of esters is 1. The van der Waals surface area contributed by atoms with Crippen LogP contribution in [0, 0.1) is 13.8 Å². The normalized spacial score (nSPS) is 11.5. The standard InChI is InChI=1S/C19H22N2O5/c1-12-10-16(13(2)21(12)11-15-8-6-5-7-9-15)18(23)26-14(3)17(22)20-19(24)25-4/h5-10,14H,11H2,1-4H3,(H,20,22,24)/t14-/m0/s1. The largest absolute Gasteiger partial charge is 0.453 e. The molecule has 0 saturated carbocycles. The van der Waals surface area contributed by atoms with Gasteiger partial charge >= 0.3 is 12.1 Å². The van der Waals surface area contributed by atoms with Crippen LogP contribution < -0.4 is 5.32 Å². The number of rotatable bonds is 5. The van der Waals surface area contributed by atoms with Gasteiger partial charge in [0.05, 0.1) is 12.7 Å². The molecule has 1 aromatic heterocycles. The van der Waals surface area contributed by atoms with Crippen molar-refractivity contribution >= 4 is 18.0 Å². The third kappa shape index (κ3) is 4.50. The van der Waals surface area contributed by atoms with Gasteiger partial charge in [0.25, 0.3) is 5.91 Å². The molecule has 2 rings (SSSR count). The second-order valence-electron chi connectivity index (χ2n) is 5.88. The van der Waals surface area contributed by atoms with E-state index in [1.54, 1.807) is 6.07 Å². The van der Waals surface area contributed by atoms with Gasteiger partial charge in [-0.15, -0.1) is 0 Å². The molecule has 0 aliphatic carbocycles. The quantitative estimate of drug-likeness (QED) is 0.830. The Morgan fingerprint density at radius 2 is 1.81 bits per heavy atom. The number of amides is 2. The van der Waals surface area contributed by atoms with Crippen LogP contribution >= 0.6 is 0 Å². The van der Waals surface area contributed by atoms with Crippen molar-refractivity contribution < 1.29 is 23.9 Å². The molecule has 138 valence electrons. The fourth-order valence-corrected chi connectivity index (χ4v) is 2.55.